The Balaban J connectivity index is 1.90. The number of ether oxygens (including phenoxy) is 1. The lowest BCUT2D eigenvalue weighted by Gasteiger charge is -2.25. The first-order valence-electron chi connectivity index (χ1n) is 9.57. The molecule has 1 N–H and O–H groups in total. The highest BCUT2D eigenvalue weighted by Crippen LogP contribution is 2.41. The third kappa shape index (κ3) is 3.77. The van der Waals surface area contributed by atoms with Crippen molar-refractivity contribution in [2.24, 2.45) is 0 Å². The number of halogens is 1. The van der Waals surface area contributed by atoms with Crippen molar-refractivity contribution in [3.05, 3.63) is 101 Å². The van der Waals surface area contributed by atoms with Crippen LogP contribution < -0.4 is 4.74 Å². The molecule has 0 spiro atoms. The zero-order chi connectivity index (χ0) is 22.0. The van der Waals surface area contributed by atoms with Crippen LogP contribution in [0.4, 0.5) is 4.39 Å². The predicted octanol–water partition coefficient (Wildman–Crippen LogP) is 3.85. The molecule has 1 aliphatic rings. The maximum absolute atomic E-state index is 13.9. The first-order valence-corrected chi connectivity index (χ1v) is 9.57. The smallest absolute Gasteiger partial charge is 0.295 e. The summed E-state index contributed by atoms with van der Waals surface area (Å²) >= 11 is 0. The molecule has 1 aromatic heterocycles. The van der Waals surface area contributed by atoms with Crippen LogP contribution in [0.25, 0.3) is 5.76 Å². The zero-order valence-corrected chi connectivity index (χ0v) is 16.7. The zero-order valence-electron chi connectivity index (χ0n) is 16.7. The number of aliphatic hydroxyl groups is 1. The minimum Gasteiger partial charge on any atom is -0.507 e. The number of ketones is 1. The Bertz CT molecular complexity index is 1160. The van der Waals surface area contributed by atoms with Gasteiger partial charge in [-0.15, -0.1) is 0 Å². The summed E-state index contributed by atoms with van der Waals surface area (Å²) in [6, 6.07) is 15.2. The average Bonchev–Trinajstić information content (AvgIpc) is 3.04. The lowest BCUT2D eigenvalue weighted by molar-refractivity contribution is -0.140. The van der Waals surface area contributed by atoms with Crippen molar-refractivity contribution >= 4 is 17.4 Å². The molecule has 0 bridgehead atoms. The second kappa shape index (κ2) is 8.39. The molecule has 7 heteroatoms. The minimum atomic E-state index is -0.845. The van der Waals surface area contributed by atoms with E-state index in [1.807, 2.05) is 6.07 Å². The van der Waals surface area contributed by atoms with Gasteiger partial charge in [-0.3, -0.25) is 14.6 Å². The van der Waals surface area contributed by atoms with Crippen LogP contribution >= 0.6 is 0 Å². The van der Waals surface area contributed by atoms with Gasteiger partial charge in [0.15, 0.2) is 0 Å². The third-order valence-electron chi connectivity index (χ3n) is 5.17. The van der Waals surface area contributed by atoms with Crippen LogP contribution in [0.2, 0.25) is 0 Å². The monoisotopic (exact) mass is 418 g/mol. The van der Waals surface area contributed by atoms with Crippen molar-refractivity contribution in [2.75, 3.05) is 7.11 Å². The number of hydrogen-bond acceptors (Lipinski definition) is 5. The normalized spacial score (nSPS) is 17.7. The van der Waals surface area contributed by atoms with E-state index in [0.29, 0.717) is 5.56 Å². The molecule has 4 rings (SSSR count). The van der Waals surface area contributed by atoms with E-state index in [4.69, 9.17) is 4.74 Å². The predicted molar refractivity (Wildman–Crippen MR) is 111 cm³/mol. The number of nitrogens with zero attached hydrogens (tertiary/aromatic N) is 2. The Morgan fingerprint density at radius 1 is 1.10 bits per heavy atom. The molecule has 1 aliphatic heterocycles. The van der Waals surface area contributed by atoms with E-state index in [0.717, 1.165) is 11.6 Å². The molecule has 1 fully saturated rings. The summed E-state index contributed by atoms with van der Waals surface area (Å²) in [4.78, 5) is 31.4. The van der Waals surface area contributed by atoms with E-state index < -0.39 is 29.3 Å². The number of benzene rings is 2. The molecular formula is C24H19FN2O4. The van der Waals surface area contributed by atoms with Gasteiger partial charge in [-0.2, -0.15) is 0 Å². The van der Waals surface area contributed by atoms with Gasteiger partial charge in [-0.1, -0.05) is 30.3 Å². The van der Waals surface area contributed by atoms with Gasteiger partial charge in [0.25, 0.3) is 11.7 Å². The summed E-state index contributed by atoms with van der Waals surface area (Å²) in [6.07, 6.45) is 3.20. The number of carbonyl (C=O) groups is 2. The maximum atomic E-state index is 13.9. The maximum Gasteiger partial charge on any atom is 0.295 e. The van der Waals surface area contributed by atoms with Gasteiger partial charge < -0.3 is 14.7 Å². The van der Waals surface area contributed by atoms with Gasteiger partial charge in [0.05, 0.1) is 24.3 Å². The molecule has 2 aromatic carbocycles. The van der Waals surface area contributed by atoms with E-state index in [9.17, 15) is 19.1 Å². The molecule has 0 aliphatic carbocycles. The lowest BCUT2D eigenvalue weighted by Crippen LogP contribution is -2.29. The fraction of sp³-hybridized carbons (Fsp3) is 0.125. The number of carbonyl (C=O) groups excluding carboxylic acids is 2. The van der Waals surface area contributed by atoms with Crippen LogP contribution in [0.5, 0.6) is 5.75 Å². The Morgan fingerprint density at radius 2 is 1.81 bits per heavy atom. The van der Waals surface area contributed by atoms with Crippen molar-refractivity contribution in [3.63, 3.8) is 0 Å². The molecule has 1 unspecified atom stereocenters. The molecule has 2 heterocycles. The van der Waals surface area contributed by atoms with Crippen LogP contribution in [-0.4, -0.2) is 33.8 Å². The molecule has 156 valence electrons. The van der Waals surface area contributed by atoms with Gasteiger partial charge in [0.1, 0.15) is 17.3 Å². The van der Waals surface area contributed by atoms with Crippen molar-refractivity contribution in [2.45, 2.75) is 12.6 Å². The van der Waals surface area contributed by atoms with Gasteiger partial charge in [0, 0.05) is 18.9 Å². The number of rotatable bonds is 5. The number of aromatic nitrogens is 1. The van der Waals surface area contributed by atoms with Crippen molar-refractivity contribution in [1.29, 1.82) is 0 Å². The molecule has 6 nitrogen and oxygen atoms in total. The third-order valence-corrected chi connectivity index (χ3v) is 5.17. The van der Waals surface area contributed by atoms with Gasteiger partial charge >= 0.3 is 0 Å². The quantitative estimate of drug-likeness (QED) is 0.387. The Hall–Kier alpha value is -4.00. The number of aliphatic hydroxyl groups excluding tert-OH is 1. The number of amides is 1. The van der Waals surface area contributed by atoms with Crippen LogP contribution in [0.15, 0.2) is 78.6 Å². The molecule has 3 aromatic rings. The standard InChI is InChI=1S/C24H19FN2O4/c1-31-19-8-7-17(25)13-18(19)22(28)20-21(16-5-3-2-4-6-16)27(24(30)23(20)29)14-15-9-11-26-12-10-15/h2-13,21,28H,14H2,1H3/b22-20+. The fourth-order valence-electron chi connectivity index (χ4n) is 3.72. The number of Topliss-reactive ketones (excluding diaryl/α,β-unsaturated/α-hetero) is 1. The van der Waals surface area contributed by atoms with Crippen molar-refractivity contribution in [1.82, 2.24) is 9.88 Å². The summed E-state index contributed by atoms with van der Waals surface area (Å²) < 4.78 is 19.2. The summed E-state index contributed by atoms with van der Waals surface area (Å²) in [5.41, 5.74) is 1.31. The molecule has 1 amide bonds. The number of hydrogen-bond donors (Lipinski definition) is 1. The second-order valence-electron chi connectivity index (χ2n) is 7.04. The highest BCUT2D eigenvalue weighted by atomic mass is 19.1. The summed E-state index contributed by atoms with van der Waals surface area (Å²) in [5, 5.41) is 11.1. The van der Waals surface area contributed by atoms with Gasteiger partial charge in [-0.25, -0.2) is 4.39 Å². The number of likely N-dealkylation sites (tertiary alicyclic amines) is 1. The highest BCUT2D eigenvalue weighted by molar-refractivity contribution is 6.46. The van der Waals surface area contributed by atoms with Gasteiger partial charge in [0.2, 0.25) is 0 Å². The van der Waals surface area contributed by atoms with E-state index in [-0.39, 0.29) is 23.4 Å². The number of methoxy groups -OCH3 is 1. The van der Waals surface area contributed by atoms with E-state index in [1.54, 1.807) is 48.8 Å². The second-order valence-corrected chi connectivity index (χ2v) is 7.04. The van der Waals surface area contributed by atoms with Crippen molar-refractivity contribution < 1.29 is 23.8 Å². The van der Waals surface area contributed by atoms with E-state index in [2.05, 4.69) is 4.98 Å². The average molecular weight is 418 g/mol. The van der Waals surface area contributed by atoms with Crippen LogP contribution in [0.1, 0.15) is 22.7 Å². The summed E-state index contributed by atoms with van der Waals surface area (Å²) in [6.45, 7) is 0.143. The summed E-state index contributed by atoms with van der Waals surface area (Å²) in [7, 11) is 1.38. The Labute approximate surface area is 178 Å². The lowest BCUT2D eigenvalue weighted by atomic mass is 9.95. The fourth-order valence-corrected chi connectivity index (χ4v) is 3.72. The molecule has 31 heavy (non-hydrogen) atoms. The van der Waals surface area contributed by atoms with E-state index in [1.165, 1.54) is 24.1 Å². The molecule has 0 saturated carbocycles. The minimum absolute atomic E-state index is 0.00495. The number of pyridine rings is 1. The largest absolute Gasteiger partial charge is 0.507 e. The Morgan fingerprint density at radius 3 is 2.48 bits per heavy atom. The summed E-state index contributed by atoms with van der Waals surface area (Å²) in [5.74, 6) is -2.49. The first-order chi connectivity index (χ1) is 15.0. The first kappa shape index (κ1) is 20.3. The van der Waals surface area contributed by atoms with Gasteiger partial charge in [-0.05, 0) is 41.5 Å². The van der Waals surface area contributed by atoms with Crippen LogP contribution in [0.3, 0.4) is 0 Å². The molecular weight excluding hydrogens is 399 g/mol. The topological polar surface area (TPSA) is 79.7 Å². The highest BCUT2D eigenvalue weighted by Gasteiger charge is 2.46. The Kier molecular flexibility index (Phi) is 5.49. The molecule has 0 radical (unpaired) electrons. The van der Waals surface area contributed by atoms with E-state index >= 15 is 0 Å². The molecule has 1 saturated heterocycles. The molecule has 1 atom stereocenters. The SMILES string of the molecule is COc1ccc(F)cc1/C(O)=C1\C(=O)C(=O)N(Cc2ccncc2)C1c1ccccc1. The van der Waals surface area contributed by atoms with Crippen molar-refractivity contribution in [3.8, 4) is 5.75 Å². The van der Waals surface area contributed by atoms with Crippen LogP contribution in [0, 0.1) is 5.82 Å². The van der Waals surface area contributed by atoms with Crippen LogP contribution in [-0.2, 0) is 16.1 Å².